The smallest absolute Gasteiger partial charge is 0.224 e. The second-order valence-electron chi connectivity index (χ2n) is 7.35. The van der Waals surface area contributed by atoms with Gasteiger partial charge in [0.15, 0.2) is 0 Å². The van der Waals surface area contributed by atoms with E-state index in [9.17, 15) is 4.79 Å². The Kier molecular flexibility index (Phi) is 5.79. The number of carbonyl (C=O) groups excluding carboxylic acids is 1. The number of pyridine rings is 1. The molecule has 0 radical (unpaired) electrons. The Hall–Kier alpha value is -2.25. The van der Waals surface area contributed by atoms with Crippen molar-refractivity contribution in [3.63, 3.8) is 0 Å². The number of nitrogens with zero attached hydrogens (tertiary/aromatic N) is 4. The second kappa shape index (κ2) is 8.63. The Labute approximate surface area is 159 Å². The van der Waals surface area contributed by atoms with Crippen LogP contribution < -0.4 is 5.32 Å². The van der Waals surface area contributed by atoms with E-state index in [0.717, 1.165) is 51.5 Å². The predicted molar refractivity (Wildman–Crippen MR) is 101 cm³/mol. The van der Waals surface area contributed by atoms with Gasteiger partial charge in [-0.15, -0.1) is 0 Å². The monoisotopic (exact) mass is 369 g/mol. The maximum atomic E-state index is 12.6. The lowest BCUT2D eigenvalue weighted by Crippen LogP contribution is -2.46. The number of nitrogens with one attached hydrogen (secondary N) is 1. The largest absolute Gasteiger partial charge is 0.378 e. The Morgan fingerprint density at radius 1 is 1.22 bits per heavy atom. The Morgan fingerprint density at radius 3 is 2.78 bits per heavy atom. The van der Waals surface area contributed by atoms with Crippen LogP contribution in [0.4, 0.5) is 0 Å². The molecule has 7 nitrogen and oxygen atoms in total. The van der Waals surface area contributed by atoms with Crippen LogP contribution in [0.25, 0.3) is 0 Å². The molecule has 27 heavy (non-hydrogen) atoms. The minimum Gasteiger partial charge on any atom is -0.378 e. The van der Waals surface area contributed by atoms with Crippen molar-refractivity contribution in [2.24, 2.45) is 0 Å². The minimum atomic E-state index is 0.156. The molecule has 2 aliphatic rings. The molecule has 2 aromatic heterocycles. The average Bonchev–Trinajstić information content (AvgIpc) is 3.18. The van der Waals surface area contributed by atoms with E-state index in [1.54, 1.807) is 0 Å². The van der Waals surface area contributed by atoms with Crippen LogP contribution in [-0.4, -0.2) is 64.2 Å². The summed E-state index contributed by atoms with van der Waals surface area (Å²) in [6.45, 7) is 4.62. The molecule has 2 saturated heterocycles. The third-order valence-corrected chi connectivity index (χ3v) is 5.48. The third-order valence-electron chi connectivity index (χ3n) is 5.48. The SMILES string of the molecule is O=C(CC1COCCN1)N1CCC(c2nccn2Cc2ccncc2)CC1. The number of aromatic nitrogens is 3. The van der Waals surface area contributed by atoms with Gasteiger partial charge in [0.2, 0.25) is 5.91 Å². The summed E-state index contributed by atoms with van der Waals surface area (Å²) in [5, 5.41) is 3.36. The van der Waals surface area contributed by atoms with Gasteiger partial charge >= 0.3 is 0 Å². The number of piperidine rings is 1. The first-order valence-electron chi connectivity index (χ1n) is 9.78. The number of carbonyl (C=O) groups is 1. The number of amides is 1. The summed E-state index contributed by atoms with van der Waals surface area (Å²) in [4.78, 5) is 23.3. The lowest BCUT2D eigenvalue weighted by molar-refractivity contribution is -0.133. The van der Waals surface area contributed by atoms with E-state index in [4.69, 9.17) is 4.74 Å². The van der Waals surface area contributed by atoms with Crippen LogP contribution in [0.15, 0.2) is 36.9 Å². The number of imidazole rings is 1. The van der Waals surface area contributed by atoms with Crippen LogP contribution in [0.2, 0.25) is 0 Å². The maximum absolute atomic E-state index is 12.6. The van der Waals surface area contributed by atoms with Crippen molar-refractivity contribution in [3.8, 4) is 0 Å². The number of ether oxygens (including phenoxy) is 1. The molecule has 0 saturated carbocycles. The molecule has 0 bridgehead atoms. The molecule has 7 heteroatoms. The van der Waals surface area contributed by atoms with E-state index in [-0.39, 0.29) is 11.9 Å². The first-order valence-corrected chi connectivity index (χ1v) is 9.78. The van der Waals surface area contributed by atoms with Gasteiger partial charge in [-0.2, -0.15) is 0 Å². The molecule has 1 N–H and O–H groups in total. The average molecular weight is 369 g/mol. The van der Waals surface area contributed by atoms with Crippen LogP contribution in [0.1, 0.15) is 36.6 Å². The number of morpholine rings is 1. The van der Waals surface area contributed by atoms with Gasteiger partial charge in [0.1, 0.15) is 5.82 Å². The molecule has 1 atom stereocenters. The van der Waals surface area contributed by atoms with Crippen LogP contribution in [0.3, 0.4) is 0 Å². The molecule has 2 fully saturated rings. The first kappa shape index (κ1) is 18.1. The summed E-state index contributed by atoms with van der Waals surface area (Å²) in [7, 11) is 0. The molecule has 144 valence electrons. The zero-order chi connectivity index (χ0) is 18.5. The van der Waals surface area contributed by atoms with Crippen molar-refractivity contribution in [1.82, 2.24) is 24.8 Å². The van der Waals surface area contributed by atoms with Gasteiger partial charge in [-0.3, -0.25) is 9.78 Å². The van der Waals surface area contributed by atoms with Crippen molar-refractivity contribution in [2.45, 2.75) is 37.8 Å². The first-order chi connectivity index (χ1) is 13.3. The summed E-state index contributed by atoms with van der Waals surface area (Å²) in [6, 6.07) is 4.23. The van der Waals surface area contributed by atoms with Gasteiger partial charge in [-0.1, -0.05) is 0 Å². The fraction of sp³-hybridized carbons (Fsp3) is 0.550. The Morgan fingerprint density at radius 2 is 2.04 bits per heavy atom. The molecule has 4 rings (SSSR count). The lowest BCUT2D eigenvalue weighted by atomic mass is 9.95. The molecule has 0 aromatic carbocycles. The van der Waals surface area contributed by atoms with Gasteiger partial charge in [-0.25, -0.2) is 4.98 Å². The van der Waals surface area contributed by atoms with E-state index in [1.165, 1.54) is 5.56 Å². The topological polar surface area (TPSA) is 72.3 Å². The fourth-order valence-electron chi connectivity index (χ4n) is 3.98. The van der Waals surface area contributed by atoms with E-state index < -0.39 is 0 Å². The van der Waals surface area contributed by atoms with E-state index >= 15 is 0 Å². The zero-order valence-electron chi connectivity index (χ0n) is 15.6. The highest BCUT2D eigenvalue weighted by molar-refractivity contribution is 5.77. The molecule has 2 aromatic rings. The van der Waals surface area contributed by atoms with Gasteiger partial charge in [0.05, 0.1) is 13.2 Å². The molecule has 1 unspecified atom stereocenters. The van der Waals surface area contributed by atoms with Crippen LogP contribution in [0.5, 0.6) is 0 Å². The number of rotatable bonds is 5. The lowest BCUT2D eigenvalue weighted by Gasteiger charge is -2.33. The van der Waals surface area contributed by atoms with Crippen LogP contribution >= 0.6 is 0 Å². The quantitative estimate of drug-likeness (QED) is 0.863. The summed E-state index contributed by atoms with van der Waals surface area (Å²) < 4.78 is 7.67. The standard InChI is InChI=1S/C20H27N5O2/c26-19(13-18-15-27-12-8-22-18)24-9-3-17(4-10-24)20-23-7-11-25(20)14-16-1-5-21-6-2-16/h1-2,5-7,11,17-18,22H,3-4,8-10,12-15H2. The van der Waals surface area contributed by atoms with Crippen molar-refractivity contribution in [3.05, 3.63) is 48.3 Å². The van der Waals surface area contributed by atoms with Crippen LogP contribution in [0, 0.1) is 0 Å². The van der Waals surface area contributed by atoms with Crippen molar-refractivity contribution >= 4 is 5.91 Å². The van der Waals surface area contributed by atoms with Gasteiger partial charge < -0.3 is 19.5 Å². The summed E-state index contributed by atoms with van der Waals surface area (Å²) in [5.74, 6) is 1.76. The van der Waals surface area contributed by atoms with E-state index in [1.807, 2.05) is 41.8 Å². The minimum absolute atomic E-state index is 0.156. The Balaban J connectivity index is 1.32. The number of hydrogen-bond donors (Lipinski definition) is 1. The maximum Gasteiger partial charge on any atom is 0.224 e. The van der Waals surface area contributed by atoms with Gasteiger partial charge in [-0.05, 0) is 30.5 Å². The highest BCUT2D eigenvalue weighted by Gasteiger charge is 2.28. The molecular weight excluding hydrogens is 342 g/mol. The normalized spacial score (nSPS) is 21.3. The number of hydrogen-bond acceptors (Lipinski definition) is 5. The molecule has 0 aliphatic carbocycles. The summed E-state index contributed by atoms with van der Waals surface area (Å²) >= 11 is 0. The van der Waals surface area contributed by atoms with Crippen molar-refractivity contribution in [1.29, 1.82) is 0 Å². The zero-order valence-corrected chi connectivity index (χ0v) is 15.6. The summed E-state index contributed by atoms with van der Waals surface area (Å²) in [6.07, 6.45) is 10.0. The van der Waals surface area contributed by atoms with Crippen molar-refractivity contribution in [2.75, 3.05) is 32.8 Å². The fourth-order valence-corrected chi connectivity index (χ4v) is 3.98. The number of likely N-dealkylation sites (tertiary alicyclic amines) is 1. The molecule has 0 spiro atoms. The van der Waals surface area contributed by atoms with Crippen molar-refractivity contribution < 1.29 is 9.53 Å². The van der Waals surface area contributed by atoms with Crippen LogP contribution in [-0.2, 0) is 16.1 Å². The van der Waals surface area contributed by atoms with E-state index in [0.29, 0.717) is 18.9 Å². The third kappa shape index (κ3) is 4.54. The highest BCUT2D eigenvalue weighted by atomic mass is 16.5. The second-order valence-corrected chi connectivity index (χ2v) is 7.35. The van der Waals surface area contributed by atoms with Gasteiger partial charge in [0.25, 0.3) is 0 Å². The highest BCUT2D eigenvalue weighted by Crippen LogP contribution is 2.27. The summed E-state index contributed by atoms with van der Waals surface area (Å²) in [5.41, 5.74) is 1.22. The molecule has 2 aliphatic heterocycles. The Bertz CT molecular complexity index is 734. The molecule has 1 amide bonds. The predicted octanol–water partition coefficient (Wildman–Crippen LogP) is 1.41. The molecule has 4 heterocycles. The van der Waals surface area contributed by atoms with Gasteiger partial charge in [0, 0.05) is 69.3 Å². The molecular formula is C20H27N5O2. The van der Waals surface area contributed by atoms with E-state index in [2.05, 4.69) is 19.9 Å².